The van der Waals surface area contributed by atoms with Crippen molar-refractivity contribution in [3.8, 4) is 17.1 Å². The lowest BCUT2D eigenvalue weighted by atomic mass is 10.0. The molecule has 0 aliphatic carbocycles. The Hall–Kier alpha value is -4.71. The maximum atomic E-state index is 13.2. The van der Waals surface area contributed by atoms with Crippen LogP contribution in [0, 0.1) is 0 Å². The SMILES string of the molecule is CNC(=O)Nc1ccc(-c2nc(N3CCOCC3)c3cnn(C4CCN(C(=O)c5cccc(OC)c5)CC4)c3n2)cc1. The molecule has 0 unspecified atom stereocenters. The first-order valence-electron chi connectivity index (χ1n) is 14.1. The summed E-state index contributed by atoms with van der Waals surface area (Å²) in [5, 5.41) is 11.0. The number of piperidine rings is 1. The Labute approximate surface area is 243 Å². The number of carbonyl (C=O) groups excluding carboxylic acids is 2. The molecule has 12 nitrogen and oxygen atoms in total. The van der Waals surface area contributed by atoms with Gasteiger partial charge in [-0.2, -0.15) is 5.10 Å². The van der Waals surface area contributed by atoms with E-state index in [0.717, 1.165) is 48.3 Å². The van der Waals surface area contributed by atoms with Gasteiger partial charge in [-0.3, -0.25) is 4.79 Å². The number of hydrogen-bond acceptors (Lipinski definition) is 8. The molecule has 4 heterocycles. The molecule has 2 aromatic carbocycles. The molecule has 42 heavy (non-hydrogen) atoms. The highest BCUT2D eigenvalue weighted by Crippen LogP contribution is 2.32. The van der Waals surface area contributed by atoms with Crippen LogP contribution in [-0.4, -0.2) is 90.1 Å². The molecule has 0 atom stereocenters. The van der Waals surface area contributed by atoms with Crippen LogP contribution in [0.3, 0.4) is 0 Å². The van der Waals surface area contributed by atoms with Gasteiger partial charge in [0, 0.05) is 50.0 Å². The predicted octanol–water partition coefficient (Wildman–Crippen LogP) is 3.57. The van der Waals surface area contributed by atoms with Gasteiger partial charge in [-0.15, -0.1) is 0 Å². The van der Waals surface area contributed by atoms with Gasteiger partial charge in [0.05, 0.1) is 37.9 Å². The first-order chi connectivity index (χ1) is 20.5. The predicted molar refractivity (Wildman–Crippen MR) is 159 cm³/mol. The lowest BCUT2D eigenvalue weighted by molar-refractivity contribution is 0.0691. The van der Waals surface area contributed by atoms with Crippen molar-refractivity contribution in [3.05, 3.63) is 60.3 Å². The van der Waals surface area contributed by atoms with Crippen molar-refractivity contribution in [2.24, 2.45) is 0 Å². The summed E-state index contributed by atoms with van der Waals surface area (Å²) in [6.07, 6.45) is 3.38. The highest BCUT2D eigenvalue weighted by Gasteiger charge is 2.28. The van der Waals surface area contributed by atoms with E-state index in [9.17, 15) is 9.59 Å². The van der Waals surface area contributed by atoms with Crippen molar-refractivity contribution in [2.75, 3.05) is 63.8 Å². The van der Waals surface area contributed by atoms with Crippen LogP contribution in [0.25, 0.3) is 22.4 Å². The number of carbonyl (C=O) groups is 2. The smallest absolute Gasteiger partial charge is 0.318 e. The fourth-order valence-electron chi connectivity index (χ4n) is 5.47. The number of aromatic nitrogens is 4. The lowest BCUT2D eigenvalue weighted by Crippen LogP contribution is -2.39. The Morgan fingerprint density at radius 1 is 1.00 bits per heavy atom. The number of urea groups is 1. The van der Waals surface area contributed by atoms with Crippen molar-refractivity contribution in [1.29, 1.82) is 0 Å². The number of likely N-dealkylation sites (tertiary alicyclic amines) is 1. The summed E-state index contributed by atoms with van der Waals surface area (Å²) in [4.78, 5) is 39.0. The van der Waals surface area contributed by atoms with E-state index >= 15 is 0 Å². The minimum atomic E-state index is -0.282. The summed E-state index contributed by atoms with van der Waals surface area (Å²) in [6.45, 7) is 3.97. The number of nitrogens with zero attached hydrogens (tertiary/aromatic N) is 6. The molecule has 2 aliphatic heterocycles. The van der Waals surface area contributed by atoms with Crippen LogP contribution in [0.2, 0.25) is 0 Å². The molecule has 0 saturated carbocycles. The molecule has 2 fully saturated rings. The molecule has 6 rings (SSSR count). The van der Waals surface area contributed by atoms with E-state index in [1.54, 1.807) is 20.2 Å². The molecule has 2 saturated heterocycles. The molecule has 2 aliphatic rings. The fourth-order valence-corrected chi connectivity index (χ4v) is 5.47. The van der Waals surface area contributed by atoms with E-state index in [1.807, 2.05) is 58.2 Å². The molecule has 218 valence electrons. The largest absolute Gasteiger partial charge is 0.497 e. The maximum absolute atomic E-state index is 13.2. The van der Waals surface area contributed by atoms with E-state index in [2.05, 4.69) is 15.5 Å². The second kappa shape index (κ2) is 12.0. The molecule has 0 bridgehead atoms. The van der Waals surface area contributed by atoms with E-state index in [4.69, 9.17) is 24.5 Å². The van der Waals surface area contributed by atoms with Gasteiger partial charge >= 0.3 is 6.03 Å². The number of morpholine rings is 1. The quantitative estimate of drug-likeness (QED) is 0.360. The summed E-state index contributed by atoms with van der Waals surface area (Å²) in [6, 6.07) is 14.6. The van der Waals surface area contributed by atoms with Crippen LogP contribution in [0.5, 0.6) is 5.75 Å². The first-order valence-corrected chi connectivity index (χ1v) is 14.1. The van der Waals surface area contributed by atoms with Crippen molar-refractivity contribution in [1.82, 2.24) is 30.0 Å². The molecule has 3 amide bonds. The van der Waals surface area contributed by atoms with Gasteiger partial charge in [0.1, 0.15) is 11.6 Å². The van der Waals surface area contributed by atoms with Crippen molar-refractivity contribution >= 4 is 34.5 Å². The second-order valence-electron chi connectivity index (χ2n) is 10.3. The van der Waals surface area contributed by atoms with Gasteiger partial charge in [0.25, 0.3) is 5.91 Å². The molecule has 2 aromatic heterocycles. The van der Waals surface area contributed by atoms with Gasteiger partial charge in [-0.1, -0.05) is 6.07 Å². The third-order valence-electron chi connectivity index (χ3n) is 7.79. The van der Waals surface area contributed by atoms with Gasteiger partial charge < -0.3 is 29.9 Å². The summed E-state index contributed by atoms with van der Waals surface area (Å²) < 4.78 is 12.9. The number of fused-ring (bicyclic) bond motifs is 1. The number of rotatable bonds is 6. The zero-order chi connectivity index (χ0) is 29.1. The highest BCUT2D eigenvalue weighted by atomic mass is 16.5. The maximum Gasteiger partial charge on any atom is 0.318 e. The van der Waals surface area contributed by atoms with Gasteiger partial charge in [-0.05, 0) is 55.3 Å². The van der Waals surface area contributed by atoms with Crippen LogP contribution in [-0.2, 0) is 4.74 Å². The summed E-state index contributed by atoms with van der Waals surface area (Å²) in [5.41, 5.74) is 2.90. The number of hydrogen-bond donors (Lipinski definition) is 2. The van der Waals surface area contributed by atoms with E-state index in [1.165, 1.54) is 0 Å². The Balaban J connectivity index is 1.28. The molecule has 12 heteroatoms. The molecular weight excluding hydrogens is 536 g/mol. The standard InChI is InChI=1S/C30H34N8O4/c1-31-30(40)33-22-8-6-20(7-9-22)26-34-27(36-14-16-42-17-15-36)25-19-32-38(28(25)35-26)23-10-12-37(13-11-23)29(39)21-4-3-5-24(18-21)41-2/h3-9,18-19,23H,10-17H2,1-2H3,(H2,31,33,40). The normalized spacial score (nSPS) is 16.0. The minimum absolute atomic E-state index is 0.00578. The zero-order valence-electron chi connectivity index (χ0n) is 23.7. The van der Waals surface area contributed by atoms with E-state index in [0.29, 0.717) is 49.1 Å². The number of anilines is 2. The van der Waals surface area contributed by atoms with Gasteiger partial charge in [-0.25, -0.2) is 19.4 Å². The first kappa shape index (κ1) is 27.5. The van der Waals surface area contributed by atoms with Crippen LogP contribution >= 0.6 is 0 Å². The summed E-state index contributed by atoms with van der Waals surface area (Å²) in [7, 11) is 3.17. The number of ether oxygens (including phenoxy) is 2. The van der Waals surface area contributed by atoms with E-state index < -0.39 is 0 Å². The second-order valence-corrected chi connectivity index (χ2v) is 10.3. The van der Waals surface area contributed by atoms with Crippen LogP contribution in [0.15, 0.2) is 54.7 Å². The third-order valence-corrected chi connectivity index (χ3v) is 7.79. The number of amides is 3. The minimum Gasteiger partial charge on any atom is -0.497 e. The Kier molecular flexibility index (Phi) is 7.87. The molecule has 4 aromatic rings. The van der Waals surface area contributed by atoms with Crippen molar-refractivity contribution in [3.63, 3.8) is 0 Å². The number of nitrogens with one attached hydrogen (secondary N) is 2. The Bertz CT molecular complexity index is 1570. The van der Waals surface area contributed by atoms with Crippen molar-refractivity contribution in [2.45, 2.75) is 18.9 Å². The number of methoxy groups -OCH3 is 1. The fraction of sp³-hybridized carbons (Fsp3) is 0.367. The molecule has 0 spiro atoms. The molecule has 2 N–H and O–H groups in total. The topological polar surface area (TPSA) is 127 Å². The Morgan fingerprint density at radius 3 is 2.48 bits per heavy atom. The van der Waals surface area contributed by atoms with Gasteiger partial charge in [0.2, 0.25) is 0 Å². The van der Waals surface area contributed by atoms with Crippen LogP contribution in [0.1, 0.15) is 29.2 Å². The molecular formula is C30H34N8O4. The Morgan fingerprint density at radius 2 is 1.76 bits per heavy atom. The summed E-state index contributed by atoms with van der Waals surface area (Å²) in [5.74, 6) is 2.10. The monoisotopic (exact) mass is 570 g/mol. The number of benzene rings is 2. The third kappa shape index (κ3) is 5.57. The van der Waals surface area contributed by atoms with Crippen molar-refractivity contribution < 1.29 is 19.1 Å². The van der Waals surface area contributed by atoms with Crippen LogP contribution < -0.4 is 20.3 Å². The average molecular weight is 571 g/mol. The lowest BCUT2D eigenvalue weighted by Gasteiger charge is -2.32. The highest BCUT2D eigenvalue weighted by molar-refractivity contribution is 5.95. The molecule has 0 radical (unpaired) electrons. The van der Waals surface area contributed by atoms with Gasteiger partial charge in [0.15, 0.2) is 11.5 Å². The van der Waals surface area contributed by atoms with Crippen LogP contribution in [0.4, 0.5) is 16.3 Å². The van der Waals surface area contributed by atoms with E-state index in [-0.39, 0.29) is 18.0 Å². The zero-order valence-corrected chi connectivity index (χ0v) is 23.7. The summed E-state index contributed by atoms with van der Waals surface area (Å²) >= 11 is 0. The average Bonchev–Trinajstić information content (AvgIpc) is 3.49.